The highest BCUT2D eigenvalue weighted by molar-refractivity contribution is 5.67. The van der Waals surface area contributed by atoms with Crippen molar-refractivity contribution in [3.63, 3.8) is 0 Å². The van der Waals surface area contributed by atoms with Crippen LogP contribution in [0.15, 0.2) is 30.6 Å². The fraction of sp³-hybridized carbons (Fsp3) is 0. The van der Waals surface area contributed by atoms with E-state index in [1.807, 2.05) is 35.0 Å². The molecule has 0 saturated carbocycles. The van der Waals surface area contributed by atoms with Crippen molar-refractivity contribution in [2.75, 3.05) is 0 Å². The van der Waals surface area contributed by atoms with E-state index in [-0.39, 0.29) is 0 Å². The van der Waals surface area contributed by atoms with Crippen molar-refractivity contribution in [2.45, 2.75) is 0 Å². The maximum absolute atomic E-state index is 5.39. The molecule has 52 valence electrons. The Balaban J connectivity index is 2.86. The Hall–Kier alpha value is -1.50. The normalized spacial score (nSPS) is 10.2. The Labute approximate surface area is 65.6 Å². The molecule has 0 N–H and O–H groups in total. The molecule has 2 aromatic heterocycles. The van der Waals surface area contributed by atoms with Crippen LogP contribution >= 0.6 is 0 Å². The van der Waals surface area contributed by atoms with Gasteiger partial charge in [-0.25, -0.2) is 0 Å². The van der Waals surface area contributed by atoms with E-state index < -0.39 is 0 Å². The lowest BCUT2D eigenvalue weighted by Gasteiger charge is -1.92. The third kappa shape index (κ3) is 0.855. The quantitative estimate of drug-likeness (QED) is 0.573. The van der Waals surface area contributed by atoms with Crippen LogP contribution in [0.4, 0.5) is 0 Å². The maximum Gasteiger partial charge on any atom is 0.0528 e. The first-order chi connectivity index (χ1) is 5.42. The zero-order valence-corrected chi connectivity index (χ0v) is 5.99. The molecular weight excluding hydrogens is 134 g/mol. The Morgan fingerprint density at radius 3 is 3.18 bits per heavy atom. The van der Waals surface area contributed by atoms with Crippen LogP contribution in [0.3, 0.4) is 0 Å². The summed E-state index contributed by atoms with van der Waals surface area (Å²) in [7, 11) is 0. The van der Waals surface area contributed by atoms with Gasteiger partial charge in [-0.1, -0.05) is 18.7 Å². The van der Waals surface area contributed by atoms with E-state index in [1.54, 1.807) is 6.08 Å². The van der Waals surface area contributed by atoms with E-state index in [4.69, 9.17) is 6.58 Å². The highest BCUT2D eigenvalue weighted by Crippen LogP contribution is 2.11. The van der Waals surface area contributed by atoms with E-state index in [9.17, 15) is 0 Å². The van der Waals surface area contributed by atoms with Gasteiger partial charge in [-0.05, 0) is 12.1 Å². The summed E-state index contributed by atoms with van der Waals surface area (Å²) in [6, 6.07) is 9.01. The summed E-state index contributed by atoms with van der Waals surface area (Å²) in [5.74, 6) is 0. The van der Waals surface area contributed by atoms with Crippen molar-refractivity contribution in [3.05, 3.63) is 48.8 Å². The van der Waals surface area contributed by atoms with Gasteiger partial charge in [-0.2, -0.15) is 0 Å². The average molecular weight is 141 g/mol. The number of fused-ring (bicyclic) bond motifs is 1. The van der Waals surface area contributed by atoms with E-state index in [0.29, 0.717) is 0 Å². The molecule has 0 amide bonds. The molecule has 0 aliphatic carbocycles. The SMILES string of the molecule is [CH]=Cc1[c]cn2ccccc12. The summed E-state index contributed by atoms with van der Waals surface area (Å²) in [6.45, 7) is 5.39. The molecule has 11 heavy (non-hydrogen) atoms. The predicted molar refractivity (Wildman–Crippen MR) is 45.0 cm³/mol. The maximum atomic E-state index is 5.39. The van der Waals surface area contributed by atoms with Gasteiger partial charge in [0.05, 0.1) is 5.52 Å². The van der Waals surface area contributed by atoms with Gasteiger partial charge < -0.3 is 4.40 Å². The molecule has 2 radical (unpaired) electrons. The molecule has 0 fully saturated rings. The Kier molecular flexibility index (Phi) is 1.29. The molecule has 2 heterocycles. The molecular formula is C10H7N. The van der Waals surface area contributed by atoms with Gasteiger partial charge in [0.15, 0.2) is 0 Å². The van der Waals surface area contributed by atoms with Gasteiger partial charge in [0.25, 0.3) is 0 Å². The van der Waals surface area contributed by atoms with Crippen LogP contribution in [0, 0.1) is 12.6 Å². The fourth-order valence-electron chi connectivity index (χ4n) is 1.14. The van der Waals surface area contributed by atoms with E-state index in [2.05, 4.69) is 6.07 Å². The minimum Gasteiger partial charge on any atom is -0.323 e. The summed E-state index contributed by atoms with van der Waals surface area (Å²) in [5, 5.41) is 0. The molecule has 2 aromatic rings. The molecule has 2 rings (SSSR count). The molecule has 0 atom stereocenters. The van der Waals surface area contributed by atoms with Crippen molar-refractivity contribution < 1.29 is 0 Å². The van der Waals surface area contributed by atoms with Gasteiger partial charge >= 0.3 is 0 Å². The third-order valence-electron chi connectivity index (χ3n) is 1.69. The van der Waals surface area contributed by atoms with Crippen molar-refractivity contribution in [1.29, 1.82) is 0 Å². The summed E-state index contributed by atoms with van der Waals surface area (Å²) in [5.41, 5.74) is 2.04. The lowest BCUT2D eigenvalue weighted by molar-refractivity contribution is 1.20. The molecule has 0 saturated heterocycles. The number of nitrogens with zero attached hydrogens (tertiary/aromatic N) is 1. The van der Waals surface area contributed by atoms with Crippen molar-refractivity contribution in [3.8, 4) is 0 Å². The van der Waals surface area contributed by atoms with E-state index in [0.717, 1.165) is 11.1 Å². The molecule has 0 bridgehead atoms. The first-order valence-corrected chi connectivity index (χ1v) is 3.44. The number of aromatic nitrogens is 1. The third-order valence-corrected chi connectivity index (χ3v) is 1.69. The van der Waals surface area contributed by atoms with Crippen LogP contribution in [0.5, 0.6) is 0 Å². The van der Waals surface area contributed by atoms with Crippen molar-refractivity contribution in [1.82, 2.24) is 4.40 Å². The number of hydrogen-bond donors (Lipinski definition) is 0. The number of rotatable bonds is 1. The fourth-order valence-corrected chi connectivity index (χ4v) is 1.14. The summed E-state index contributed by atoms with van der Waals surface area (Å²) in [4.78, 5) is 0. The van der Waals surface area contributed by atoms with E-state index in [1.165, 1.54) is 0 Å². The highest BCUT2D eigenvalue weighted by Gasteiger charge is 1.95. The topological polar surface area (TPSA) is 4.41 Å². The zero-order valence-electron chi connectivity index (χ0n) is 5.99. The van der Waals surface area contributed by atoms with Gasteiger partial charge in [0, 0.05) is 24.0 Å². The van der Waals surface area contributed by atoms with Crippen LogP contribution in [0.1, 0.15) is 5.56 Å². The monoisotopic (exact) mass is 141 g/mol. The van der Waals surface area contributed by atoms with Crippen LogP contribution < -0.4 is 0 Å². The lowest BCUT2D eigenvalue weighted by atomic mass is 10.2. The van der Waals surface area contributed by atoms with Crippen LogP contribution in [0.2, 0.25) is 0 Å². The standard InChI is InChI=1S/C10H7N/c1-2-9-6-8-11-7-4-3-5-10(9)11/h1-5,7-8H. The highest BCUT2D eigenvalue weighted by atomic mass is 14.8. The average Bonchev–Trinajstić information content (AvgIpc) is 2.47. The molecule has 0 unspecified atom stereocenters. The second-order valence-corrected chi connectivity index (χ2v) is 2.35. The lowest BCUT2D eigenvalue weighted by Crippen LogP contribution is -1.78. The van der Waals surface area contributed by atoms with Crippen LogP contribution in [0.25, 0.3) is 11.6 Å². The van der Waals surface area contributed by atoms with Crippen molar-refractivity contribution in [2.24, 2.45) is 0 Å². The number of hydrogen-bond acceptors (Lipinski definition) is 0. The molecule has 1 heteroatoms. The van der Waals surface area contributed by atoms with E-state index >= 15 is 0 Å². The molecule has 0 aliphatic heterocycles. The first kappa shape index (κ1) is 6.23. The zero-order chi connectivity index (χ0) is 7.68. The molecule has 1 nitrogen and oxygen atoms in total. The number of pyridine rings is 1. The summed E-state index contributed by atoms with van der Waals surface area (Å²) in [6.07, 6.45) is 5.40. The smallest absolute Gasteiger partial charge is 0.0528 e. The van der Waals surface area contributed by atoms with Gasteiger partial charge in [-0.15, -0.1) is 0 Å². The molecule has 0 spiro atoms. The van der Waals surface area contributed by atoms with Gasteiger partial charge in [-0.3, -0.25) is 0 Å². The van der Waals surface area contributed by atoms with Gasteiger partial charge in [0.2, 0.25) is 0 Å². The second-order valence-electron chi connectivity index (χ2n) is 2.35. The molecule has 0 aromatic carbocycles. The Morgan fingerprint density at radius 1 is 1.45 bits per heavy atom. The predicted octanol–water partition coefficient (Wildman–Crippen LogP) is 2.19. The first-order valence-electron chi connectivity index (χ1n) is 3.44. The minimum atomic E-state index is 0.950. The summed E-state index contributed by atoms with van der Waals surface area (Å²) >= 11 is 0. The Morgan fingerprint density at radius 2 is 2.36 bits per heavy atom. The molecule has 0 aliphatic rings. The second kappa shape index (κ2) is 2.27. The van der Waals surface area contributed by atoms with Gasteiger partial charge in [0.1, 0.15) is 0 Å². The Bertz CT molecular complexity index is 384. The largest absolute Gasteiger partial charge is 0.323 e. The minimum absolute atomic E-state index is 0.950. The summed E-state index contributed by atoms with van der Waals surface area (Å²) < 4.78 is 1.98. The van der Waals surface area contributed by atoms with Crippen LogP contribution in [-0.4, -0.2) is 4.40 Å². The van der Waals surface area contributed by atoms with Crippen LogP contribution in [-0.2, 0) is 0 Å². The van der Waals surface area contributed by atoms with Crippen molar-refractivity contribution >= 4 is 11.6 Å².